The number of aliphatic hydroxyl groups is 1. The number of nitrogens with two attached hydrogens (primary N) is 1. The van der Waals surface area contributed by atoms with Gasteiger partial charge in [-0.3, -0.25) is 0 Å². The van der Waals surface area contributed by atoms with Gasteiger partial charge in [0.05, 0.1) is 12.3 Å². The van der Waals surface area contributed by atoms with E-state index in [2.05, 4.69) is 0 Å². The van der Waals surface area contributed by atoms with Gasteiger partial charge in [-0.1, -0.05) is 11.6 Å². The van der Waals surface area contributed by atoms with Crippen molar-refractivity contribution >= 4 is 17.3 Å². The molecule has 60 valence electrons. The Hall–Kier alpha value is -0.800. The predicted molar refractivity (Wildman–Crippen MR) is 41.7 cm³/mol. The number of rotatable bonds is 1. The average molecular weight is 176 g/mol. The molecule has 0 amide bonds. The zero-order valence-electron chi connectivity index (χ0n) is 5.64. The molecule has 1 rings (SSSR count). The van der Waals surface area contributed by atoms with Crippen LogP contribution in [0, 0.1) is 5.82 Å². The minimum absolute atomic E-state index is 0.0833. The minimum Gasteiger partial charge on any atom is -0.396 e. The Morgan fingerprint density at radius 3 is 2.64 bits per heavy atom. The summed E-state index contributed by atoms with van der Waals surface area (Å²) < 4.78 is 12.7. The molecule has 0 fully saturated rings. The number of aliphatic hydroxyl groups excluding tert-OH is 1. The first kappa shape index (κ1) is 8.30. The van der Waals surface area contributed by atoms with E-state index in [4.69, 9.17) is 22.4 Å². The molecule has 0 atom stereocenters. The predicted octanol–water partition coefficient (Wildman–Crippen LogP) is 1.55. The van der Waals surface area contributed by atoms with E-state index < -0.39 is 5.82 Å². The van der Waals surface area contributed by atoms with Gasteiger partial charge < -0.3 is 10.8 Å². The van der Waals surface area contributed by atoms with Crippen molar-refractivity contribution in [2.45, 2.75) is 6.61 Å². The summed E-state index contributed by atoms with van der Waals surface area (Å²) in [6.07, 6.45) is 0. The van der Waals surface area contributed by atoms with Crippen LogP contribution in [0.5, 0.6) is 0 Å². The van der Waals surface area contributed by atoms with Crippen LogP contribution in [-0.4, -0.2) is 5.11 Å². The molecule has 0 bridgehead atoms. The highest BCUT2D eigenvalue weighted by molar-refractivity contribution is 6.31. The minimum atomic E-state index is -0.557. The van der Waals surface area contributed by atoms with Crippen LogP contribution in [0.3, 0.4) is 0 Å². The van der Waals surface area contributed by atoms with E-state index in [1.165, 1.54) is 6.07 Å². The van der Waals surface area contributed by atoms with Crippen molar-refractivity contribution in [3.8, 4) is 0 Å². The number of anilines is 1. The molecule has 0 aliphatic carbocycles. The maximum Gasteiger partial charge on any atom is 0.146 e. The molecule has 0 spiro atoms. The number of hydrogen-bond donors (Lipinski definition) is 2. The van der Waals surface area contributed by atoms with Crippen molar-refractivity contribution < 1.29 is 9.50 Å². The summed E-state index contributed by atoms with van der Waals surface area (Å²) in [4.78, 5) is 0. The molecule has 3 N–H and O–H groups in total. The van der Waals surface area contributed by atoms with E-state index in [9.17, 15) is 4.39 Å². The van der Waals surface area contributed by atoms with Gasteiger partial charge in [0.15, 0.2) is 0 Å². The van der Waals surface area contributed by atoms with Crippen LogP contribution in [-0.2, 0) is 6.61 Å². The molecule has 0 unspecified atom stereocenters. The van der Waals surface area contributed by atoms with E-state index >= 15 is 0 Å². The normalized spacial score (nSPS) is 10.1. The summed E-state index contributed by atoms with van der Waals surface area (Å²) in [7, 11) is 0. The van der Waals surface area contributed by atoms with Crippen molar-refractivity contribution in [1.82, 2.24) is 0 Å². The molecule has 4 heteroatoms. The Morgan fingerprint density at radius 2 is 2.18 bits per heavy atom. The lowest BCUT2D eigenvalue weighted by atomic mass is 10.2. The summed E-state index contributed by atoms with van der Waals surface area (Å²) in [6.45, 7) is -0.345. The third-order valence-electron chi connectivity index (χ3n) is 1.40. The molecule has 0 aliphatic rings. The van der Waals surface area contributed by atoms with Crippen LogP contribution in [0.25, 0.3) is 0 Å². The third-order valence-corrected chi connectivity index (χ3v) is 1.76. The highest BCUT2D eigenvalue weighted by Gasteiger charge is 2.07. The Bertz CT molecular complexity index is 277. The summed E-state index contributed by atoms with van der Waals surface area (Å²) in [5, 5.41) is 8.98. The zero-order chi connectivity index (χ0) is 8.43. The standard InChI is InChI=1S/C7H7ClFNO/c8-5-1-2-6(9)7(10)4(5)3-11/h1-2,11H,3,10H2. The van der Waals surface area contributed by atoms with Crippen molar-refractivity contribution in [3.05, 3.63) is 28.5 Å². The topological polar surface area (TPSA) is 46.2 Å². The van der Waals surface area contributed by atoms with E-state index in [0.29, 0.717) is 0 Å². The third kappa shape index (κ3) is 1.44. The van der Waals surface area contributed by atoms with Gasteiger partial charge in [0, 0.05) is 10.6 Å². The summed E-state index contributed by atoms with van der Waals surface area (Å²) in [5.41, 5.74) is 5.43. The van der Waals surface area contributed by atoms with Crippen LogP contribution < -0.4 is 5.73 Å². The molecule has 0 radical (unpaired) electrons. The number of benzene rings is 1. The first-order valence-electron chi connectivity index (χ1n) is 3.00. The summed E-state index contributed by atoms with van der Waals surface area (Å²) >= 11 is 5.59. The molecule has 0 heterocycles. The Labute approximate surface area is 68.4 Å². The van der Waals surface area contributed by atoms with Crippen LogP contribution in [0.2, 0.25) is 5.02 Å². The fourth-order valence-corrected chi connectivity index (χ4v) is 0.995. The second-order valence-electron chi connectivity index (χ2n) is 2.08. The smallest absolute Gasteiger partial charge is 0.146 e. The Morgan fingerprint density at radius 1 is 1.55 bits per heavy atom. The molecular weight excluding hydrogens is 169 g/mol. The molecule has 1 aromatic carbocycles. The average Bonchev–Trinajstić information content (AvgIpc) is 1.99. The van der Waals surface area contributed by atoms with Crippen LogP contribution in [0.4, 0.5) is 10.1 Å². The van der Waals surface area contributed by atoms with Crippen LogP contribution in [0.15, 0.2) is 12.1 Å². The molecule has 2 nitrogen and oxygen atoms in total. The molecule has 0 saturated heterocycles. The van der Waals surface area contributed by atoms with Crippen molar-refractivity contribution in [2.75, 3.05) is 5.73 Å². The summed E-state index contributed by atoms with van der Waals surface area (Å²) in [6, 6.07) is 2.52. The zero-order valence-corrected chi connectivity index (χ0v) is 6.40. The molecule has 11 heavy (non-hydrogen) atoms. The second-order valence-corrected chi connectivity index (χ2v) is 2.49. The van der Waals surface area contributed by atoms with Crippen LogP contribution >= 0.6 is 11.6 Å². The molecular formula is C7H7ClFNO. The van der Waals surface area contributed by atoms with Gasteiger partial charge in [-0.05, 0) is 12.1 Å². The first-order valence-corrected chi connectivity index (χ1v) is 3.38. The Kier molecular flexibility index (Phi) is 2.31. The highest BCUT2D eigenvalue weighted by Crippen LogP contribution is 2.24. The lowest BCUT2D eigenvalue weighted by Crippen LogP contribution is -1.98. The first-order chi connectivity index (χ1) is 5.16. The van der Waals surface area contributed by atoms with E-state index in [1.54, 1.807) is 0 Å². The van der Waals surface area contributed by atoms with Crippen molar-refractivity contribution in [3.63, 3.8) is 0 Å². The van der Waals surface area contributed by atoms with Gasteiger partial charge in [-0.15, -0.1) is 0 Å². The van der Waals surface area contributed by atoms with Gasteiger partial charge in [-0.25, -0.2) is 4.39 Å². The molecule has 0 saturated carbocycles. The SMILES string of the molecule is Nc1c(F)ccc(Cl)c1CO. The van der Waals surface area contributed by atoms with E-state index in [1.807, 2.05) is 0 Å². The van der Waals surface area contributed by atoms with Gasteiger partial charge >= 0.3 is 0 Å². The molecule has 0 aliphatic heterocycles. The maximum absolute atomic E-state index is 12.7. The number of hydrogen-bond acceptors (Lipinski definition) is 2. The Balaban J connectivity index is 3.29. The summed E-state index contributed by atoms with van der Waals surface area (Å²) in [5.74, 6) is -0.557. The second kappa shape index (κ2) is 3.07. The molecule has 1 aromatic rings. The fraction of sp³-hybridized carbons (Fsp3) is 0.143. The monoisotopic (exact) mass is 175 g/mol. The van der Waals surface area contributed by atoms with Crippen LogP contribution in [0.1, 0.15) is 5.56 Å². The highest BCUT2D eigenvalue weighted by atomic mass is 35.5. The number of halogens is 2. The number of nitrogen functional groups attached to an aromatic ring is 1. The fourth-order valence-electron chi connectivity index (χ4n) is 0.770. The lowest BCUT2D eigenvalue weighted by molar-refractivity contribution is 0.282. The van der Waals surface area contributed by atoms with Gasteiger partial charge in [0.2, 0.25) is 0 Å². The van der Waals surface area contributed by atoms with E-state index in [0.717, 1.165) is 6.07 Å². The lowest BCUT2D eigenvalue weighted by Gasteiger charge is -2.04. The van der Waals surface area contributed by atoms with Crippen molar-refractivity contribution in [1.29, 1.82) is 0 Å². The van der Waals surface area contributed by atoms with Gasteiger partial charge in [0.1, 0.15) is 5.82 Å². The molecule has 0 aromatic heterocycles. The maximum atomic E-state index is 12.7. The van der Waals surface area contributed by atoms with Crippen molar-refractivity contribution in [2.24, 2.45) is 0 Å². The van der Waals surface area contributed by atoms with Gasteiger partial charge in [-0.2, -0.15) is 0 Å². The van der Waals surface area contributed by atoms with Gasteiger partial charge in [0.25, 0.3) is 0 Å². The quantitative estimate of drug-likeness (QED) is 0.637. The largest absolute Gasteiger partial charge is 0.396 e. The van der Waals surface area contributed by atoms with E-state index in [-0.39, 0.29) is 22.9 Å².